The summed E-state index contributed by atoms with van der Waals surface area (Å²) in [7, 11) is 0. The zero-order valence-corrected chi connectivity index (χ0v) is 5.86. The van der Waals surface area contributed by atoms with E-state index in [9.17, 15) is 9.90 Å². The van der Waals surface area contributed by atoms with Crippen LogP contribution in [0.4, 0.5) is 0 Å². The molecule has 5 heteroatoms. The normalized spacial score (nSPS) is 38.5. The molecule has 0 aromatic rings. The van der Waals surface area contributed by atoms with Crippen LogP contribution in [0, 0.1) is 0 Å². The van der Waals surface area contributed by atoms with Crippen LogP contribution in [0.3, 0.4) is 0 Å². The number of ether oxygens (including phenoxy) is 1. The van der Waals surface area contributed by atoms with Gasteiger partial charge in [-0.1, -0.05) is 0 Å². The third kappa shape index (κ3) is 1.68. The molecular formula is C6H10O5. The lowest BCUT2D eigenvalue weighted by Gasteiger charge is -2.30. The number of carboxylic acids is 1. The Balaban J connectivity index is 2.63. The predicted molar refractivity (Wildman–Crippen MR) is 34.0 cm³/mol. The fourth-order valence-corrected chi connectivity index (χ4v) is 1.02. The SMILES string of the molecule is O=C(O)[C@@]1(O)COC[C@@H](O)C1. The number of aliphatic carboxylic acids is 1. The molecule has 2 atom stereocenters. The van der Waals surface area contributed by atoms with Crippen LogP contribution in [-0.2, 0) is 9.53 Å². The van der Waals surface area contributed by atoms with Gasteiger partial charge >= 0.3 is 5.97 Å². The highest BCUT2D eigenvalue weighted by Crippen LogP contribution is 2.19. The second-order valence-corrected chi connectivity index (χ2v) is 2.71. The van der Waals surface area contributed by atoms with Gasteiger partial charge in [0.25, 0.3) is 0 Å². The van der Waals surface area contributed by atoms with Gasteiger partial charge in [-0.25, -0.2) is 4.79 Å². The van der Waals surface area contributed by atoms with Gasteiger partial charge in [-0.15, -0.1) is 0 Å². The number of hydrogen-bond donors (Lipinski definition) is 3. The first-order chi connectivity index (χ1) is 5.04. The fraction of sp³-hybridized carbons (Fsp3) is 0.833. The average Bonchev–Trinajstić information content (AvgIpc) is 1.86. The second kappa shape index (κ2) is 2.77. The quantitative estimate of drug-likeness (QED) is 0.440. The summed E-state index contributed by atoms with van der Waals surface area (Å²) in [5.41, 5.74) is -1.91. The molecule has 0 amide bonds. The van der Waals surface area contributed by atoms with Gasteiger partial charge in [-0.05, 0) is 0 Å². The third-order valence-electron chi connectivity index (χ3n) is 1.62. The van der Waals surface area contributed by atoms with E-state index in [4.69, 9.17) is 10.2 Å². The van der Waals surface area contributed by atoms with Gasteiger partial charge in [0.05, 0.1) is 19.3 Å². The van der Waals surface area contributed by atoms with Crippen molar-refractivity contribution in [3.8, 4) is 0 Å². The summed E-state index contributed by atoms with van der Waals surface area (Å²) in [6.45, 7) is -0.158. The van der Waals surface area contributed by atoms with E-state index in [1.54, 1.807) is 0 Å². The molecule has 3 N–H and O–H groups in total. The first-order valence-corrected chi connectivity index (χ1v) is 3.26. The highest BCUT2D eigenvalue weighted by atomic mass is 16.5. The Morgan fingerprint density at radius 1 is 1.64 bits per heavy atom. The van der Waals surface area contributed by atoms with E-state index in [0.29, 0.717) is 0 Å². The molecule has 11 heavy (non-hydrogen) atoms. The fourth-order valence-electron chi connectivity index (χ4n) is 1.02. The Labute approximate surface area is 63.2 Å². The van der Waals surface area contributed by atoms with Crippen molar-refractivity contribution in [3.63, 3.8) is 0 Å². The predicted octanol–water partition coefficient (Wildman–Crippen LogP) is -1.42. The number of hydrogen-bond acceptors (Lipinski definition) is 4. The molecule has 5 nitrogen and oxygen atoms in total. The molecule has 1 aliphatic heterocycles. The summed E-state index contributed by atoms with van der Waals surface area (Å²) in [6.07, 6.45) is -1.05. The van der Waals surface area contributed by atoms with Crippen molar-refractivity contribution < 1.29 is 24.9 Å². The lowest BCUT2D eigenvalue weighted by Crippen LogP contribution is -2.50. The van der Waals surface area contributed by atoms with Crippen LogP contribution in [0.5, 0.6) is 0 Å². The summed E-state index contributed by atoms with van der Waals surface area (Å²) in [5.74, 6) is -1.35. The van der Waals surface area contributed by atoms with Crippen LogP contribution in [0.2, 0.25) is 0 Å². The summed E-state index contributed by atoms with van der Waals surface area (Å²) in [5, 5.41) is 26.7. The number of carbonyl (C=O) groups is 1. The van der Waals surface area contributed by atoms with Crippen LogP contribution in [0.25, 0.3) is 0 Å². The maximum Gasteiger partial charge on any atom is 0.338 e. The van der Waals surface area contributed by atoms with Crippen LogP contribution >= 0.6 is 0 Å². The largest absolute Gasteiger partial charge is 0.479 e. The van der Waals surface area contributed by atoms with Crippen molar-refractivity contribution in [1.82, 2.24) is 0 Å². The highest BCUT2D eigenvalue weighted by Gasteiger charge is 2.41. The summed E-state index contributed by atoms with van der Waals surface area (Å²) in [6, 6.07) is 0. The van der Waals surface area contributed by atoms with Gasteiger partial charge in [-0.2, -0.15) is 0 Å². The molecule has 0 bridgehead atoms. The zero-order chi connectivity index (χ0) is 8.48. The summed E-state index contributed by atoms with van der Waals surface area (Å²) >= 11 is 0. The van der Waals surface area contributed by atoms with Crippen molar-refractivity contribution in [2.45, 2.75) is 18.1 Å². The number of aliphatic hydroxyl groups excluding tert-OH is 1. The van der Waals surface area contributed by atoms with Crippen LogP contribution in [-0.4, -0.2) is 46.2 Å². The Hall–Kier alpha value is -0.650. The molecule has 1 fully saturated rings. The molecule has 0 aromatic heterocycles. The Morgan fingerprint density at radius 2 is 2.27 bits per heavy atom. The lowest BCUT2D eigenvalue weighted by molar-refractivity contribution is -0.182. The molecule has 1 aliphatic rings. The molecular weight excluding hydrogens is 152 g/mol. The van der Waals surface area contributed by atoms with Gasteiger partial charge in [0.1, 0.15) is 0 Å². The molecule has 64 valence electrons. The molecule has 1 rings (SSSR count). The topological polar surface area (TPSA) is 87.0 Å². The van der Waals surface area contributed by atoms with Crippen LogP contribution in [0.1, 0.15) is 6.42 Å². The van der Waals surface area contributed by atoms with E-state index in [1.807, 2.05) is 0 Å². The van der Waals surface area contributed by atoms with E-state index >= 15 is 0 Å². The second-order valence-electron chi connectivity index (χ2n) is 2.71. The minimum atomic E-state index is -1.91. The molecule has 0 unspecified atom stereocenters. The van der Waals surface area contributed by atoms with Crippen LogP contribution < -0.4 is 0 Å². The van der Waals surface area contributed by atoms with Gasteiger partial charge < -0.3 is 20.1 Å². The standard InChI is InChI=1S/C6H10O5/c7-4-1-6(10,5(8)9)3-11-2-4/h4,7,10H,1-3H2,(H,8,9)/t4-,6-/m0/s1. The van der Waals surface area contributed by atoms with E-state index in [-0.39, 0.29) is 19.6 Å². The molecule has 0 aliphatic carbocycles. The van der Waals surface area contributed by atoms with Crippen molar-refractivity contribution in [2.24, 2.45) is 0 Å². The highest BCUT2D eigenvalue weighted by molar-refractivity contribution is 5.77. The average molecular weight is 162 g/mol. The number of carboxylic acid groups (broad SMARTS) is 1. The Morgan fingerprint density at radius 3 is 2.64 bits per heavy atom. The van der Waals surface area contributed by atoms with E-state index in [1.165, 1.54) is 0 Å². The maximum atomic E-state index is 10.4. The Kier molecular flexibility index (Phi) is 2.12. The molecule has 0 spiro atoms. The lowest BCUT2D eigenvalue weighted by atomic mass is 9.95. The molecule has 0 saturated carbocycles. The van der Waals surface area contributed by atoms with Gasteiger partial charge in [0.15, 0.2) is 5.60 Å². The number of rotatable bonds is 1. The third-order valence-corrected chi connectivity index (χ3v) is 1.62. The molecule has 0 aromatic carbocycles. The smallest absolute Gasteiger partial charge is 0.338 e. The summed E-state index contributed by atoms with van der Waals surface area (Å²) < 4.78 is 4.68. The summed E-state index contributed by atoms with van der Waals surface area (Å²) in [4.78, 5) is 10.4. The van der Waals surface area contributed by atoms with Crippen molar-refractivity contribution in [1.29, 1.82) is 0 Å². The monoisotopic (exact) mass is 162 g/mol. The zero-order valence-electron chi connectivity index (χ0n) is 5.86. The van der Waals surface area contributed by atoms with Gasteiger partial charge in [0, 0.05) is 6.42 Å². The molecule has 1 saturated heterocycles. The van der Waals surface area contributed by atoms with Gasteiger partial charge in [0.2, 0.25) is 0 Å². The first-order valence-electron chi connectivity index (χ1n) is 3.26. The van der Waals surface area contributed by atoms with Crippen molar-refractivity contribution >= 4 is 5.97 Å². The van der Waals surface area contributed by atoms with E-state index < -0.39 is 17.7 Å². The van der Waals surface area contributed by atoms with Gasteiger partial charge in [-0.3, -0.25) is 0 Å². The molecule has 1 heterocycles. The van der Waals surface area contributed by atoms with E-state index in [2.05, 4.69) is 4.74 Å². The van der Waals surface area contributed by atoms with Crippen molar-refractivity contribution in [3.05, 3.63) is 0 Å². The molecule has 0 radical (unpaired) electrons. The minimum Gasteiger partial charge on any atom is -0.479 e. The maximum absolute atomic E-state index is 10.4. The Bertz CT molecular complexity index is 168. The van der Waals surface area contributed by atoms with E-state index in [0.717, 1.165) is 0 Å². The first kappa shape index (κ1) is 8.45. The van der Waals surface area contributed by atoms with Crippen LogP contribution in [0.15, 0.2) is 0 Å². The van der Waals surface area contributed by atoms with Crippen molar-refractivity contribution in [2.75, 3.05) is 13.2 Å². The minimum absolute atomic E-state index is 0.0928. The number of aliphatic hydroxyl groups is 2.